The summed E-state index contributed by atoms with van der Waals surface area (Å²) in [6.45, 7) is 1.52. The van der Waals surface area contributed by atoms with Gasteiger partial charge in [0.1, 0.15) is 6.04 Å². The smallest absolute Gasteiger partial charge is 0.247 e. The van der Waals surface area contributed by atoms with Gasteiger partial charge in [-0.1, -0.05) is 39.7 Å². The second kappa shape index (κ2) is 7.55. The first-order valence-corrected chi connectivity index (χ1v) is 10.0. The van der Waals surface area contributed by atoms with Gasteiger partial charge in [-0.3, -0.25) is 9.10 Å². The molecule has 0 aromatic heterocycles. The van der Waals surface area contributed by atoms with Gasteiger partial charge in [0.2, 0.25) is 15.9 Å². The van der Waals surface area contributed by atoms with Crippen LogP contribution < -0.4 is 9.62 Å². The van der Waals surface area contributed by atoms with Gasteiger partial charge in [0.25, 0.3) is 0 Å². The van der Waals surface area contributed by atoms with Crippen molar-refractivity contribution in [3.63, 3.8) is 0 Å². The van der Waals surface area contributed by atoms with E-state index in [1.165, 1.54) is 13.0 Å². The highest BCUT2D eigenvalue weighted by Gasteiger charge is 2.29. The van der Waals surface area contributed by atoms with Gasteiger partial charge in [-0.25, -0.2) is 8.42 Å². The van der Waals surface area contributed by atoms with E-state index >= 15 is 0 Å². The van der Waals surface area contributed by atoms with Crippen molar-refractivity contribution in [1.29, 1.82) is 0 Å². The van der Waals surface area contributed by atoms with E-state index in [9.17, 15) is 13.2 Å². The molecule has 0 spiro atoms. The molecular weight excluding hydrogens is 416 g/mol. The van der Waals surface area contributed by atoms with Gasteiger partial charge in [-0.2, -0.15) is 0 Å². The number of carbonyl (C=O) groups excluding carboxylic acids is 1. The summed E-state index contributed by atoms with van der Waals surface area (Å²) < 4.78 is 26.2. The number of anilines is 2. The summed E-state index contributed by atoms with van der Waals surface area (Å²) in [5, 5.41) is 3.10. The number of halogens is 2. The van der Waals surface area contributed by atoms with E-state index < -0.39 is 22.0 Å². The fraction of sp³-hybridized carbons (Fsp3) is 0.188. The molecule has 1 amide bonds. The maximum atomic E-state index is 12.5. The van der Waals surface area contributed by atoms with E-state index in [4.69, 9.17) is 11.6 Å². The van der Waals surface area contributed by atoms with Crippen LogP contribution in [0.25, 0.3) is 0 Å². The Hall–Kier alpha value is -1.57. The Morgan fingerprint density at radius 1 is 1.21 bits per heavy atom. The Labute approximate surface area is 154 Å². The largest absolute Gasteiger partial charge is 0.324 e. The molecule has 0 saturated carbocycles. The lowest BCUT2D eigenvalue weighted by molar-refractivity contribution is -0.116. The number of rotatable bonds is 5. The van der Waals surface area contributed by atoms with E-state index in [0.717, 1.165) is 15.0 Å². The molecule has 5 nitrogen and oxygen atoms in total. The molecule has 2 rings (SSSR count). The summed E-state index contributed by atoms with van der Waals surface area (Å²) >= 11 is 9.27. The SMILES string of the molecule is C[C@H](C(=O)Nc1cccc(Br)c1)N(c1cccc(Cl)c1)S(C)(=O)=O. The molecule has 0 aliphatic carbocycles. The zero-order valence-electron chi connectivity index (χ0n) is 13.0. The third kappa shape index (κ3) is 4.72. The Kier molecular flexibility index (Phi) is 5.90. The summed E-state index contributed by atoms with van der Waals surface area (Å²) in [7, 11) is -3.67. The summed E-state index contributed by atoms with van der Waals surface area (Å²) in [6, 6.07) is 12.5. The first-order valence-electron chi connectivity index (χ1n) is 7.00. The maximum absolute atomic E-state index is 12.5. The van der Waals surface area contributed by atoms with Crippen LogP contribution in [0.15, 0.2) is 53.0 Å². The fourth-order valence-corrected chi connectivity index (χ4v) is 3.99. The van der Waals surface area contributed by atoms with E-state index in [2.05, 4.69) is 21.2 Å². The predicted molar refractivity (Wildman–Crippen MR) is 101 cm³/mol. The first-order chi connectivity index (χ1) is 11.2. The van der Waals surface area contributed by atoms with Gasteiger partial charge in [-0.15, -0.1) is 0 Å². The lowest BCUT2D eigenvalue weighted by atomic mass is 10.2. The van der Waals surface area contributed by atoms with Crippen molar-refractivity contribution >= 4 is 54.8 Å². The fourth-order valence-electron chi connectivity index (χ4n) is 2.23. The number of nitrogens with zero attached hydrogens (tertiary/aromatic N) is 1. The van der Waals surface area contributed by atoms with E-state index in [1.54, 1.807) is 36.4 Å². The van der Waals surface area contributed by atoms with Crippen molar-refractivity contribution in [2.45, 2.75) is 13.0 Å². The second-order valence-corrected chi connectivity index (χ2v) is 8.43. The lowest BCUT2D eigenvalue weighted by Crippen LogP contribution is -2.45. The molecular formula is C16H16BrClN2O3S. The van der Waals surface area contributed by atoms with Crippen LogP contribution in [0.5, 0.6) is 0 Å². The highest BCUT2D eigenvalue weighted by atomic mass is 79.9. The zero-order chi connectivity index (χ0) is 17.9. The Balaban J connectivity index is 2.31. The zero-order valence-corrected chi connectivity index (χ0v) is 16.2. The minimum Gasteiger partial charge on any atom is -0.324 e. The molecule has 2 aromatic carbocycles. The van der Waals surface area contributed by atoms with Crippen LogP contribution in [0, 0.1) is 0 Å². The molecule has 0 unspecified atom stereocenters. The van der Waals surface area contributed by atoms with Crippen LogP contribution in [0.1, 0.15) is 6.92 Å². The highest BCUT2D eigenvalue weighted by molar-refractivity contribution is 9.10. The van der Waals surface area contributed by atoms with Gasteiger partial charge in [0.05, 0.1) is 11.9 Å². The van der Waals surface area contributed by atoms with Crippen LogP contribution in [0.3, 0.4) is 0 Å². The number of sulfonamides is 1. The van der Waals surface area contributed by atoms with Gasteiger partial charge < -0.3 is 5.32 Å². The van der Waals surface area contributed by atoms with Crippen LogP contribution in [-0.4, -0.2) is 26.6 Å². The molecule has 8 heteroatoms. The van der Waals surface area contributed by atoms with Crippen LogP contribution in [-0.2, 0) is 14.8 Å². The molecule has 0 radical (unpaired) electrons. The first kappa shape index (κ1) is 18.8. The molecule has 0 saturated heterocycles. The van der Waals surface area contributed by atoms with Crippen molar-refractivity contribution in [3.05, 3.63) is 58.0 Å². The minimum absolute atomic E-state index is 0.335. The monoisotopic (exact) mass is 430 g/mol. The van der Waals surface area contributed by atoms with Crippen LogP contribution >= 0.6 is 27.5 Å². The van der Waals surface area contributed by atoms with Crippen molar-refractivity contribution in [3.8, 4) is 0 Å². The number of amides is 1. The van der Waals surface area contributed by atoms with Gasteiger partial charge >= 0.3 is 0 Å². The van der Waals surface area contributed by atoms with E-state index in [1.807, 2.05) is 6.07 Å². The third-order valence-electron chi connectivity index (χ3n) is 3.24. The standard InChI is InChI=1S/C16H16BrClN2O3S/c1-11(16(21)19-14-7-3-5-12(17)9-14)20(24(2,22)23)15-8-4-6-13(18)10-15/h3-11H,1-2H3,(H,19,21)/t11-/m1/s1. The summed E-state index contributed by atoms with van der Waals surface area (Å²) in [6.07, 6.45) is 1.05. The third-order valence-corrected chi connectivity index (χ3v) is 5.21. The van der Waals surface area contributed by atoms with Gasteiger partial charge in [0.15, 0.2) is 0 Å². The molecule has 1 N–H and O–H groups in total. The van der Waals surface area contributed by atoms with E-state index in [-0.39, 0.29) is 0 Å². The quantitative estimate of drug-likeness (QED) is 0.781. The molecule has 0 heterocycles. The molecule has 128 valence electrons. The predicted octanol–water partition coefficient (Wildman–Crippen LogP) is 3.90. The Morgan fingerprint density at radius 3 is 2.46 bits per heavy atom. The number of carbonyl (C=O) groups is 1. The average molecular weight is 432 g/mol. The molecule has 2 aromatic rings. The van der Waals surface area contributed by atoms with Gasteiger partial charge in [-0.05, 0) is 43.3 Å². The summed E-state index contributed by atoms with van der Waals surface area (Å²) in [5.74, 6) is -0.446. The summed E-state index contributed by atoms with van der Waals surface area (Å²) in [5.41, 5.74) is 0.905. The second-order valence-electron chi connectivity index (χ2n) is 5.21. The topological polar surface area (TPSA) is 66.5 Å². The Bertz CT molecular complexity index is 858. The molecule has 1 atom stereocenters. The Morgan fingerprint density at radius 2 is 1.88 bits per heavy atom. The van der Waals surface area contributed by atoms with E-state index in [0.29, 0.717) is 16.4 Å². The average Bonchev–Trinajstić information content (AvgIpc) is 2.46. The number of nitrogens with one attached hydrogen (secondary N) is 1. The van der Waals surface area contributed by atoms with Crippen molar-refractivity contribution in [2.24, 2.45) is 0 Å². The van der Waals surface area contributed by atoms with Crippen LogP contribution in [0.2, 0.25) is 5.02 Å². The normalized spacial score (nSPS) is 12.5. The molecule has 0 aliphatic heterocycles. The van der Waals surface area contributed by atoms with Crippen LogP contribution in [0.4, 0.5) is 11.4 Å². The number of hydrogen-bond donors (Lipinski definition) is 1. The summed E-state index contributed by atoms with van der Waals surface area (Å²) in [4.78, 5) is 12.5. The van der Waals surface area contributed by atoms with Crippen molar-refractivity contribution in [1.82, 2.24) is 0 Å². The van der Waals surface area contributed by atoms with Crippen molar-refractivity contribution in [2.75, 3.05) is 15.9 Å². The molecule has 0 bridgehead atoms. The maximum Gasteiger partial charge on any atom is 0.247 e. The molecule has 0 aliphatic rings. The van der Waals surface area contributed by atoms with Gasteiger partial charge in [0, 0.05) is 15.2 Å². The molecule has 0 fully saturated rings. The van der Waals surface area contributed by atoms with Crippen molar-refractivity contribution < 1.29 is 13.2 Å². The number of hydrogen-bond acceptors (Lipinski definition) is 3. The minimum atomic E-state index is -3.67. The number of benzene rings is 2. The molecule has 24 heavy (non-hydrogen) atoms. The highest BCUT2D eigenvalue weighted by Crippen LogP contribution is 2.25. The lowest BCUT2D eigenvalue weighted by Gasteiger charge is -2.28.